The van der Waals surface area contributed by atoms with E-state index in [1.165, 1.54) is 7.11 Å². The van der Waals surface area contributed by atoms with E-state index in [9.17, 15) is 23.2 Å². The van der Waals surface area contributed by atoms with Gasteiger partial charge < -0.3 is 10.1 Å². The second kappa shape index (κ2) is 7.72. The smallest absolute Gasteiger partial charge is 0.325 e. The van der Waals surface area contributed by atoms with Crippen LogP contribution in [-0.4, -0.2) is 52.7 Å². The highest BCUT2D eigenvalue weighted by Crippen LogP contribution is 2.41. The Morgan fingerprint density at radius 1 is 1.13 bits per heavy atom. The van der Waals surface area contributed by atoms with Gasteiger partial charge in [-0.2, -0.15) is 0 Å². The van der Waals surface area contributed by atoms with Crippen molar-refractivity contribution in [3.63, 3.8) is 0 Å². The molecule has 0 unspecified atom stereocenters. The Labute approximate surface area is 177 Å². The predicted octanol–water partition coefficient (Wildman–Crippen LogP) is 3.44. The number of alkyl halides is 2. The summed E-state index contributed by atoms with van der Waals surface area (Å²) in [5.74, 6) is -3.29. The molecule has 1 spiro atoms. The van der Waals surface area contributed by atoms with E-state index in [1.807, 2.05) is 0 Å². The lowest BCUT2D eigenvalue weighted by Gasteiger charge is -2.34. The van der Waals surface area contributed by atoms with Gasteiger partial charge in [-0.05, 0) is 25.0 Å². The average Bonchev–Trinajstić information content (AvgIpc) is 3.00. The molecular weight excluding hydrogens is 408 g/mol. The first-order valence-corrected chi connectivity index (χ1v) is 9.89. The number of ketones is 1. The number of hydrogen-bond acceptors (Lipinski definition) is 5. The zero-order valence-corrected chi connectivity index (χ0v) is 16.9. The molecule has 1 aliphatic heterocycles. The number of carbonyl (C=O) groups excluding carboxylic acids is 3. The first-order chi connectivity index (χ1) is 14.7. The normalized spacial score (nSPS) is 19.4. The Morgan fingerprint density at radius 3 is 2.45 bits per heavy atom. The number of aromatic nitrogens is 1. The molecule has 1 aliphatic carbocycles. The number of imide groups is 1. The van der Waals surface area contributed by atoms with Crippen LogP contribution in [-0.2, 0) is 4.79 Å². The lowest BCUT2D eigenvalue weighted by molar-refractivity contribution is -0.135. The maximum atomic E-state index is 13.5. The second-order valence-electron chi connectivity index (χ2n) is 7.81. The molecule has 2 heterocycles. The van der Waals surface area contributed by atoms with E-state index in [1.54, 1.807) is 42.6 Å². The van der Waals surface area contributed by atoms with Gasteiger partial charge in [0.25, 0.3) is 5.91 Å². The second-order valence-corrected chi connectivity index (χ2v) is 7.81. The molecule has 1 saturated carbocycles. The molecule has 2 fully saturated rings. The largest absolute Gasteiger partial charge is 0.494 e. The summed E-state index contributed by atoms with van der Waals surface area (Å²) in [6, 6.07) is 9.37. The number of carbonyl (C=O) groups is 3. The Balaban J connectivity index is 1.47. The summed E-state index contributed by atoms with van der Waals surface area (Å²) in [6.07, 6.45) is 0.399. The fourth-order valence-corrected chi connectivity index (χ4v) is 4.02. The number of methoxy groups -OCH3 is 1. The molecule has 162 valence electrons. The summed E-state index contributed by atoms with van der Waals surface area (Å²) in [5.41, 5.74) is 0.342. The van der Waals surface area contributed by atoms with Crippen LogP contribution in [0.15, 0.2) is 42.6 Å². The van der Waals surface area contributed by atoms with Gasteiger partial charge in [0, 0.05) is 30.2 Å². The van der Waals surface area contributed by atoms with Gasteiger partial charge in [-0.1, -0.05) is 24.3 Å². The monoisotopic (exact) mass is 429 g/mol. The fourth-order valence-electron chi connectivity index (χ4n) is 4.02. The van der Waals surface area contributed by atoms with E-state index in [0.717, 1.165) is 10.5 Å². The summed E-state index contributed by atoms with van der Waals surface area (Å²) in [7, 11) is 1.54. The first kappa shape index (κ1) is 20.9. The van der Waals surface area contributed by atoms with Gasteiger partial charge in [-0.25, -0.2) is 13.6 Å². The van der Waals surface area contributed by atoms with Crippen LogP contribution in [0.25, 0.3) is 11.3 Å². The van der Waals surface area contributed by atoms with Gasteiger partial charge in [0.05, 0.1) is 13.7 Å². The molecule has 0 atom stereocenters. The minimum absolute atomic E-state index is 0.143. The summed E-state index contributed by atoms with van der Waals surface area (Å²) >= 11 is 0. The summed E-state index contributed by atoms with van der Waals surface area (Å²) in [5, 5.41) is 2.54. The summed E-state index contributed by atoms with van der Waals surface area (Å²) < 4.78 is 32.3. The third kappa shape index (κ3) is 3.87. The topological polar surface area (TPSA) is 88.6 Å². The third-order valence-corrected chi connectivity index (χ3v) is 5.85. The highest BCUT2D eigenvalue weighted by molar-refractivity contribution is 6.11. The quantitative estimate of drug-likeness (QED) is 0.581. The molecule has 1 N–H and O–H groups in total. The number of nitrogens with one attached hydrogen (secondary N) is 1. The summed E-state index contributed by atoms with van der Waals surface area (Å²) in [4.78, 5) is 42.9. The van der Waals surface area contributed by atoms with Crippen molar-refractivity contribution in [1.29, 1.82) is 0 Å². The number of amides is 3. The van der Waals surface area contributed by atoms with Crippen LogP contribution in [0.5, 0.6) is 5.75 Å². The van der Waals surface area contributed by atoms with Gasteiger partial charge in [0.15, 0.2) is 5.78 Å². The van der Waals surface area contributed by atoms with Crippen molar-refractivity contribution in [2.45, 2.75) is 37.1 Å². The fraction of sp³-hybridized carbons (Fsp3) is 0.364. The lowest BCUT2D eigenvalue weighted by atomic mass is 9.80. The number of urea groups is 1. The number of benzene rings is 1. The van der Waals surface area contributed by atoms with E-state index >= 15 is 0 Å². The molecule has 1 saturated heterocycles. The average molecular weight is 429 g/mol. The number of rotatable bonds is 5. The molecule has 0 bridgehead atoms. The molecule has 3 amide bonds. The van der Waals surface area contributed by atoms with Crippen LogP contribution in [0, 0.1) is 0 Å². The number of hydrogen-bond donors (Lipinski definition) is 1. The highest BCUT2D eigenvalue weighted by atomic mass is 19.3. The van der Waals surface area contributed by atoms with E-state index in [4.69, 9.17) is 4.74 Å². The molecule has 1 aromatic heterocycles. The molecular formula is C22H21F2N3O4. The van der Waals surface area contributed by atoms with Gasteiger partial charge in [-0.15, -0.1) is 0 Å². The van der Waals surface area contributed by atoms with Crippen molar-refractivity contribution in [2.75, 3.05) is 13.7 Å². The summed E-state index contributed by atoms with van der Waals surface area (Å²) in [6.45, 7) is -0.449. The number of nitrogens with zero attached hydrogens (tertiary/aromatic N) is 2. The third-order valence-electron chi connectivity index (χ3n) is 5.85. The number of Topliss-reactive ketones (excluding diaryl/α,β-unsaturated/α-hetero) is 1. The molecule has 2 aliphatic rings. The van der Waals surface area contributed by atoms with E-state index < -0.39 is 48.6 Å². The van der Waals surface area contributed by atoms with Crippen molar-refractivity contribution in [2.24, 2.45) is 0 Å². The van der Waals surface area contributed by atoms with E-state index in [0.29, 0.717) is 17.0 Å². The van der Waals surface area contributed by atoms with E-state index in [-0.39, 0.29) is 12.8 Å². The van der Waals surface area contributed by atoms with Gasteiger partial charge >= 0.3 is 6.03 Å². The van der Waals surface area contributed by atoms with Crippen LogP contribution in [0.1, 0.15) is 36.0 Å². The Hall–Kier alpha value is -3.36. The maximum Gasteiger partial charge on any atom is 0.325 e. The first-order valence-electron chi connectivity index (χ1n) is 9.89. The van der Waals surface area contributed by atoms with Crippen molar-refractivity contribution < 1.29 is 27.9 Å². The minimum atomic E-state index is -2.84. The van der Waals surface area contributed by atoms with Crippen molar-refractivity contribution >= 4 is 17.7 Å². The molecule has 1 aromatic carbocycles. The van der Waals surface area contributed by atoms with Crippen molar-refractivity contribution in [3.8, 4) is 17.0 Å². The van der Waals surface area contributed by atoms with Gasteiger partial charge in [-0.3, -0.25) is 19.5 Å². The van der Waals surface area contributed by atoms with Crippen LogP contribution in [0.4, 0.5) is 13.6 Å². The minimum Gasteiger partial charge on any atom is -0.494 e. The zero-order chi connectivity index (χ0) is 22.2. The molecule has 7 nitrogen and oxygen atoms in total. The Morgan fingerprint density at radius 2 is 1.81 bits per heavy atom. The number of pyridine rings is 1. The number of halogens is 2. The molecule has 9 heteroatoms. The van der Waals surface area contributed by atoms with Crippen LogP contribution >= 0.6 is 0 Å². The Bertz CT molecular complexity index is 1030. The van der Waals surface area contributed by atoms with Crippen LogP contribution < -0.4 is 10.1 Å². The van der Waals surface area contributed by atoms with Gasteiger partial charge in [0.1, 0.15) is 17.0 Å². The van der Waals surface area contributed by atoms with Crippen molar-refractivity contribution in [3.05, 3.63) is 48.2 Å². The van der Waals surface area contributed by atoms with E-state index in [2.05, 4.69) is 10.3 Å². The zero-order valence-electron chi connectivity index (χ0n) is 16.9. The highest BCUT2D eigenvalue weighted by Gasteiger charge is 2.55. The van der Waals surface area contributed by atoms with Crippen molar-refractivity contribution in [1.82, 2.24) is 15.2 Å². The predicted molar refractivity (Wildman–Crippen MR) is 107 cm³/mol. The molecule has 31 heavy (non-hydrogen) atoms. The number of ether oxygens (including phenoxy) is 1. The van der Waals surface area contributed by atoms with Gasteiger partial charge in [0.2, 0.25) is 5.92 Å². The van der Waals surface area contributed by atoms with Crippen LogP contribution in [0.2, 0.25) is 0 Å². The lowest BCUT2D eigenvalue weighted by Crippen LogP contribution is -2.51. The van der Waals surface area contributed by atoms with Crippen LogP contribution in [0.3, 0.4) is 0 Å². The maximum absolute atomic E-state index is 13.5. The molecule has 4 rings (SSSR count). The SMILES string of the molecule is COc1cccnc1-c1ccc(C(=O)CN2C(=O)NC3(CCC(F)(F)CC3)C2=O)cc1. The standard InChI is InChI=1S/C22H21F2N3O4/c1-31-17-3-2-12-25-18(17)15-6-4-14(5-7-15)16(28)13-27-19(29)21(26-20(27)30)8-10-22(23,24)11-9-21/h2-7,12H,8-11,13H2,1H3,(H,26,30). The molecule has 2 aromatic rings. The Kier molecular flexibility index (Phi) is 5.20. The molecule has 0 radical (unpaired) electrons.